The second kappa shape index (κ2) is 13.4. The van der Waals surface area contributed by atoms with Crippen LogP contribution < -0.4 is 0 Å². The highest BCUT2D eigenvalue weighted by Crippen LogP contribution is 2.38. The fourth-order valence-corrected chi connectivity index (χ4v) is 9.08. The summed E-state index contributed by atoms with van der Waals surface area (Å²) in [6.07, 6.45) is 1.91. The predicted octanol–water partition coefficient (Wildman–Crippen LogP) is 14.9. The van der Waals surface area contributed by atoms with E-state index in [9.17, 15) is 0 Å². The molecule has 0 bridgehead atoms. The van der Waals surface area contributed by atoms with E-state index in [0.29, 0.717) is 0 Å². The molecule has 59 heavy (non-hydrogen) atoms. The Morgan fingerprint density at radius 3 is 1.58 bits per heavy atom. The SMILES string of the molecule is c1cc(-c2ccc(-c3cnc4c5ccccc5c5ccccc5c4n3)cc2)cc(-c2ccc(-n3c4ccccc4c4cc(-c5ccc6ccccc6c5)ccc43)cc2)c1. The van der Waals surface area contributed by atoms with Gasteiger partial charge in [-0.1, -0.05) is 164 Å². The van der Waals surface area contributed by atoms with Crippen LogP contribution in [0.15, 0.2) is 212 Å². The van der Waals surface area contributed by atoms with Gasteiger partial charge in [0.25, 0.3) is 0 Å². The maximum atomic E-state index is 5.20. The number of aromatic nitrogens is 3. The summed E-state index contributed by atoms with van der Waals surface area (Å²) >= 11 is 0. The number of nitrogens with zero attached hydrogens (tertiary/aromatic N) is 3. The number of para-hydroxylation sites is 1. The molecular weight excluding hydrogens is 715 g/mol. The smallest absolute Gasteiger partial charge is 0.0979 e. The molecular formula is C56H35N3. The summed E-state index contributed by atoms with van der Waals surface area (Å²) in [5, 5.41) is 9.68. The topological polar surface area (TPSA) is 30.7 Å². The van der Waals surface area contributed by atoms with Gasteiger partial charge in [0.05, 0.1) is 34.0 Å². The summed E-state index contributed by atoms with van der Waals surface area (Å²) in [4.78, 5) is 10.2. The van der Waals surface area contributed by atoms with Gasteiger partial charge < -0.3 is 4.57 Å². The monoisotopic (exact) mass is 749 g/mol. The number of benzene rings is 10. The Hall–Kier alpha value is -7.88. The van der Waals surface area contributed by atoms with Crippen LogP contribution >= 0.6 is 0 Å². The lowest BCUT2D eigenvalue weighted by Gasteiger charge is -2.11. The minimum Gasteiger partial charge on any atom is -0.309 e. The summed E-state index contributed by atoms with van der Waals surface area (Å²) in [5.74, 6) is 0. The number of hydrogen-bond donors (Lipinski definition) is 0. The lowest BCUT2D eigenvalue weighted by molar-refractivity contribution is 1.18. The molecule has 274 valence electrons. The highest BCUT2D eigenvalue weighted by Gasteiger charge is 2.15. The first kappa shape index (κ1) is 33.3. The van der Waals surface area contributed by atoms with Crippen molar-refractivity contribution in [1.29, 1.82) is 0 Å². The normalized spacial score (nSPS) is 11.7. The van der Waals surface area contributed by atoms with Crippen molar-refractivity contribution in [3.63, 3.8) is 0 Å². The van der Waals surface area contributed by atoms with Crippen LogP contribution in [0.3, 0.4) is 0 Å². The van der Waals surface area contributed by atoms with Gasteiger partial charge in [-0.15, -0.1) is 0 Å². The molecule has 2 aromatic heterocycles. The van der Waals surface area contributed by atoms with Gasteiger partial charge in [-0.2, -0.15) is 0 Å². The highest BCUT2D eigenvalue weighted by atomic mass is 15.0. The van der Waals surface area contributed by atoms with Crippen LogP contribution in [0.4, 0.5) is 0 Å². The Morgan fingerprint density at radius 1 is 0.305 bits per heavy atom. The first-order valence-corrected chi connectivity index (χ1v) is 20.1. The minimum atomic E-state index is 0.868. The zero-order chi connectivity index (χ0) is 38.9. The highest BCUT2D eigenvalue weighted by molar-refractivity contribution is 6.23. The van der Waals surface area contributed by atoms with Crippen molar-refractivity contribution in [1.82, 2.24) is 14.5 Å². The number of rotatable bonds is 5. The van der Waals surface area contributed by atoms with Crippen LogP contribution in [0.1, 0.15) is 0 Å². The number of hydrogen-bond acceptors (Lipinski definition) is 2. The molecule has 3 nitrogen and oxygen atoms in total. The Labute approximate surface area is 341 Å². The van der Waals surface area contributed by atoms with Crippen molar-refractivity contribution in [3.05, 3.63) is 212 Å². The third-order valence-corrected chi connectivity index (χ3v) is 12.0. The van der Waals surface area contributed by atoms with E-state index < -0.39 is 0 Å². The zero-order valence-corrected chi connectivity index (χ0v) is 32.0. The molecule has 0 fully saturated rings. The van der Waals surface area contributed by atoms with Crippen molar-refractivity contribution in [2.45, 2.75) is 0 Å². The molecule has 0 spiro atoms. The summed E-state index contributed by atoms with van der Waals surface area (Å²) in [6.45, 7) is 0. The summed E-state index contributed by atoms with van der Waals surface area (Å²) < 4.78 is 2.39. The summed E-state index contributed by atoms with van der Waals surface area (Å²) in [7, 11) is 0. The van der Waals surface area contributed by atoms with E-state index in [1.807, 2.05) is 6.20 Å². The second-order valence-electron chi connectivity index (χ2n) is 15.4. The molecule has 0 amide bonds. The molecule has 10 aromatic carbocycles. The standard InChI is InChI=1S/C56H35N3/c1-2-11-40-33-43(25-22-36(40)10-1)44-28-31-54-51(34-44)48-16-7-8-19-53(48)59(54)45-29-26-38(27-30-45)42-13-9-12-41(32-42)37-20-23-39(24-21-37)52-35-57-55-49-17-5-3-14-46(49)47-15-4-6-18-50(47)56(55)58-52/h1-35H. The van der Waals surface area contributed by atoms with Gasteiger partial charge >= 0.3 is 0 Å². The predicted molar refractivity (Wildman–Crippen MR) is 248 cm³/mol. The van der Waals surface area contributed by atoms with Crippen molar-refractivity contribution in [2.75, 3.05) is 0 Å². The van der Waals surface area contributed by atoms with Crippen molar-refractivity contribution in [3.8, 4) is 50.3 Å². The Bertz CT molecular complexity index is 3560. The van der Waals surface area contributed by atoms with Gasteiger partial charge in [0, 0.05) is 32.8 Å². The first-order chi connectivity index (χ1) is 29.2. The molecule has 12 aromatic rings. The molecule has 12 rings (SSSR count). The van der Waals surface area contributed by atoms with Crippen molar-refractivity contribution >= 4 is 65.2 Å². The third kappa shape index (κ3) is 5.51. The fraction of sp³-hybridized carbons (Fsp3) is 0. The Morgan fingerprint density at radius 2 is 0.831 bits per heavy atom. The van der Waals surface area contributed by atoms with Crippen molar-refractivity contribution < 1.29 is 0 Å². The maximum absolute atomic E-state index is 5.20. The van der Waals surface area contributed by atoms with Gasteiger partial charge in [-0.3, -0.25) is 4.98 Å². The molecule has 0 saturated heterocycles. The number of fused-ring (bicyclic) bond motifs is 10. The van der Waals surface area contributed by atoms with Crippen molar-refractivity contribution in [2.24, 2.45) is 0 Å². The van der Waals surface area contributed by atoms with E-state index >= 15 is 0 Å². The van der Waals surface area contributed by atoms with Gasteiger partial charge in [-0.05, 0) is 97.4 Å². The van der Waals surface area contributed by atoms with E-state index in [1.54, 1.807) is 0 Å². The largest absolute Gasteiger partial charge is 0.309 e. The Kier molecular flexibility index (Phi) is 7.54. The summed E-state index contributed by atoms with van der Waals surface area (Å²) in [5.41, 5.74) is 14.5. The van der Waals surface area contributed by atoms with Crippen LogP contribution in [0, 0.1) is 0 Å². The molecule has 0 unspecified atom stereocenters. The van der Waals surface area contributed by atoms with Crippen LogP contribution in [0.5, 0.6) is 0 Å². The van der Waals surface area contributed by atoms with Gasteiger partial charge in [0.2, 0.25) is 0 Å². The molecule has 2 heterocycles. The molecule has 0 saturated carbocycles. The van der Waals surface area contributed by atoms with E-state index in [4.69, 9.17) is 9.97 Å². The maximum Gasteiger partial charge on any atom is 0.0979 e. The molecule has 0 aliphatic carbocycles. The lowest BCUT2D eigenvalue weighted by Crippen LogP contribution is -1.94. The van der Waals surface area contributed by atoms with E-state index in [1.165, 1.54) is 71.2 Å². The van der Waals surface area contributed by atoms with Gasteiger partial charge in [0.1, 0.15) is 0 Å². The van der Waals surface area contributed by atoms with Crippen LogP contribution in [-0.2, 0) is 0 Å². The molecule has 0 N–H and O–H groups in total. The van der Waals surface area contributed by atoms with E-state index in [-0.39, 0.29) is 0 Å². The average molecular weight is 750 g/mol. The van der Waals surface area contributed by atoms with Gasteiger partial charge in [-0.25, -0.2) is 4.98 Å². The minimum absolute atomic E-state index is 0.868. The van der Waals surface area contributed by atoms with Crippen LogP contribution in [-0.4, -0.2) is 14.5 Å². The third-order valence-electron chi connectivity index (χ3n) is 12.0. The zero-order valence-electron chi connectivity index (χ0n) is 32.0. The molecule has 3 heteroatoms. The first-order valence-electron chi connectivity index (χ1n) is 20.1. The van der Waals surface area contributed by atoms with E-state index in [2.05, 4.69) is 211 Å². The lowest BCUT2D eigenvalue weighted by atomic mass is 9.97. The second-order valence-corrected chi connectivity index (χ2v) is 15.4. The quantitative estimate of drug-likeness (QED) is 0.164. The van der Waals surface area contributed by atoms with E-state index in [0.717, 1.165) is 44.3 Å². The molecule has 0 aliphatic heterocycles. The van der Waals surface area contributed by atoms with Crippen LogP contribution in [0.25, 0.3) is 115 Å². The van der Waals surface area contributed by atoms with Crippen LogP contribution in [0.2, 0.25) is 0 Å². The fourth-order valence-electron chi connectivity index (χ4n) is 9.08. The Balaban J connectivity index is 0.854. The summed E-state index contributed by atoms with van der Waals surface area (Å²) in [6, 6.07) is 74.4. The molecule has 0 atom stereocenters. The molecule has 0 radical (unpaired) electrons. The molecule has 0 aliphatic rings. The average Bonchev–Trinajstić information content (AvgIpc) is 3.65. The van der Waals surface area contributed by atoms with Gasteiger partial charge in [0.15, 0.2) is 0 Å².